The average Bonchev–Trinajstić information content (AvgIpc) is 1.71. The summed E-state index contributed by atoms with van der Waals surface area (Å²) in [5, 5.41) is 3.45. The fourth-order valence-corrected chi connectivity index (χ4v) is 21.7. The van der Waals surface area contributed by atoms with E-state index in [1.54, 1.807) is 72.8 Å². The molecule has 5 heterocycles. The van der Waals surface area contributed by atoms with Crippen LogP contribution in [0.1, 0.15) is 124 Å². The van der Waals surface area contributed by atoms with E-state index in [4.69, 9.17) is 106 Å². The summed E-state index contributed by atoms with van der Waals surface area (Å²) in [5.41, 5.74) is -0.950. The minimum atomic E-state index is -3.76. The van der Waals surface area contributed by atoms with E-state index in [1.807, 2.05) is 81.4 Å². The molecule has 0 aliphatic carbocycles. The predicted molar refractivity (Wildman–Crippen MR) is 489 cm³/mol. The van der Waals surface area contributed by atoms with E-state index in [9.17, 15) is 4.79 Å². The van der Waals surface area contributed by atoms with E-state index in [-0.39, 0.29) is 61.4 Å². The van der Waals surface area contributed by atoms with Crippen molar-refractivity contribution in [3.8, 4) is 11.5 Å². The van der Waals surface area contributed by atoms with Crippen molar-refractivity contribution in [3.63, 3.8) is 0 Å². The molecule has 692 valence electrons. The number of alkyl carbamates (subject to hydrolysis) is 1. The zero-order chi connectivity index (χ0) is 94.7. The van der Waals surface area contributed by atoms with Crippen molar-refractivity contribution in [2.75, 3.05) is 33.5 Å². The number of hydrogen-bond donors (Lipinski definition) is 1. The maximum atomic E-state index is 15.9. The smallest absolute Gasteiger partial charge is 0.407 e. The van der Waals surface area contributed by atoms with Crippen molar-refractivity contribution in [2.45, 2.75) is 122 Å². The maximum Gasteiger partial charge on any atom is 0.407 e. The number of hydrogen-bond acceptors (Lipinski definition) is 26. The Balaban J connectivity index is 0.877. The molecule has 0 bridgehead atoms. The van der Waals surface area contributed by atoms with Gasteiger partial charge in [0.2, 0.25) is 10.1 Å². The van der Waals surface area contributed by atoms with Crippen LogP contribution in [0.5, 0.6) is 11.5 Å². The van der Waals surface area contributed by atoms with Crippen LogP contribution in [0.4, 0.5) is 4.79 Å². The molecule has 11 aromatic carbocycles. The molecule has 3 saturated heterocycles. The molecule has 5 aliphatic rings. The molecule has 1 N–H and O–H groups in total. The Morgan fingerprint density at radius 2 is 0.630 bits per heavy atom. The summed E-state index contributed by atoms with van der Waals surface area (Å²) in [7, 11) is -2.34. The van der Waals surface area contributed by atoms with Gasteiger partial charge in [0.05, 0.1) is 82.6 Å². The molecule has 16 rings (SSSR count). The molecule has 0 radical (unpaired) electrons. The van der Waals surface area contributed by atoms with Crippen LogP contribution in [-0.2, 0) is 61.3 Å². The lowest BCUT2D eigenvalue weighted by Gasteiger charge is -2.50. The van der Waals surface area contributed by atoms with Crippen molar-refractivity contribution >= 4 is 119 Å². The van der Waals surface area contributed by atoms with Gasteiger partial charge in [-0.15, -0.1) is 0 Å². The lowest BCUT2D eigenvalue weighted by molar-refractivity contribution is -0.316. The van der Waals surface area contributed by atoms with Gasteiger partial charge >= 0.3 is 41.9 Å². The van der Waals surface area contributed by atoms with E-state index in [2.05, 4.69) is 5.32 Å². The van der Waals surface area contributed by atoms with Crippen molar-refractivity contribution in [3.05, 3.63) is 371 Å². The highest BCUT2D eigenvalue weighted by Crippen LogP contribution is 2.44. The van der Waals surface area contributed by atoms with Crippen LogP contribution in [0.2, 0.25) is 5.04 Å². The van der Waals surface area contributed by atoms with Gasteiger partial charge in [0.1, 0.15) is 54.5 Å². The number of amides is 5. The second-order valence-electron chi connectivity index (χ2n) is 32.9. The molecule has 11 aromatic rings. The van der Waals surface area contributed by atoms with Crippen molar-refractivity contribution in [1.82, 2.24) is 15.1 Å². The van der Waals surface area contributed by atoms with Crippen LogP contribution in [-0.4, -0.2) is 213 Å². The summed E-state index contributed by atoms with van der Waals surface area (Å²) in [5.74, 6) is -10.1. The first kappa shape index (κ1) is 94.4. The molecule has 135 heavy (non-hydrogen) atoms. The highest BCUT2D eigenvalue weighted by atomic mass is 35.6. The first-order chi connectivity index (χ1) is 65.2. The molecule has 15 atom stereocenters. The van der Waals surface area contributed by atoms with Crippen LogP contribution in [0.15, 0.2) is 315 Å². The Bertz CT molecular complexity index is 5990. The highest BCUT2D eigenvalue weighted by Gasteiger charge is 2.63. The number of esters is 6. The van der Waals surface area contributed by atoms with Crippen LogP contribution >= 0.6 is 34.8 Å². The summed E-state index contributed by atoms with van der Waals surface area (Å²) in [4.78, 5) is 171. The number of carbonyl (C=O) groups excluding carboxylic acids is 11. The van der Waals surface area contributed by atoms with Crippen LogP contribution in [0, 0.1) is 0 Å². The molecule has 0 unspecified atom stereocenters. The largest absolute Gasteiger partial charge is 0.497 e. The van der Waals surface area contributed by atoms with Gasteiger partial charge in [-0.3, -0.25) is 29.0 Å². The third-order valence-corrected chi connectivity index (χ3v) is 28.7. The van der Waals surface area contributed by atoms with Gasteiger partial charge in [-0.1, -0.05) is 250 Å². The monoisotopic (exact) mass is 1900 g/mol. The molecule has 5 aliphatic heterocycles. The molecule has 0 saturated carbocycles. The number of imide groups is 2. The molecule has 29 nitrogen and oxygen atoms in total. The van der Waals surface area contributed by atoms with Gasteiger partial charge in [0, 0.05) is 0 Å². The number of rotatable bonds is 30. The third-order valence-electron chi connectivity index (χ3n) is 23.3. The van der Waals surface area contributed by atoms with E-state index in [1.165, 1.54) is 189 Å². The van der Waals surface area contributed by atoms with E-state index in [0.29, 0.717) is 10.6 Å². The Kier molecular flexibility index (Phi) is 29.2. The summed E-state index contributed by atoms with van der Waals surface area (Å²) in [6.07, 6.45) is -25.8. The molecule has 0 spiro atoms. The maximum absolute atomic E-state index is 15.9. The second kappa shape index (κ2) is 41.8. The van der Waals surface area contributed by atoms with E-state index < -0.39 is 201 Å². The number of nitrogens with one attached hydrogen (secondary N) is 1. The number of halogens is 3. The molecule has 3 fully saturated rings. The van der Waals surface area contributed by atoms with E-state index >= 15 is 47.9 Å². The molecule has 5 amide bonds. The van der Waals surface area contributed by atoms with Crippen LogP contribution in [0.3, 0.4) is 0 Å². The molecule has 0 aromatic heterocycles. The number of alkyl halides is 3. The van der Waals surface area contributed by atoms with Gasteiger partial charge in [-0.05, 0) is 137 Å². The predicted octanol–water partition coefficient (Wildman–Crippen LogP) is 14.0. The third kappa shape index (κ3) is 21.0. The number of nitrogens with zero attached hydrogens (tertiary/aromatic N) is 2. The Morgan fingerprint density at radius 3 is 0.970 bits per heavy atom. The number of ether oxygens (including phenoxy) is 14. The summed E-state index contributed by atoms with van der Waals surface area (Å²) in [6.45, 7) is 2.44. The van der Waals surface area contributed by atoms with Crippen molar-refractivity contribution in [2.24, 2.45) is 0 Å². The fraction of sp³-hybridized carbons (Fsp3) is 0.245. The summed E-state index contributed by atoms with van der Waals surface area (Å²) >= 11 is 18.8. The Hall–Kier alpha value is -13.8. The summed E-state index contributed by atoms with van der Waals surface area (Å²) < 4.78 is 99.1. The van der Waals surface area contributed by atoms with Crippen LogP contribution < -0.4 is 25.2 Å². The van der Waals surface area contributed by atoms with Gasteiger partial charge in [0.15, 0.2) is 49.2 Å². The van der Waals surface area contributed by atoms with Gasteiger partial charge < -0.3 is 76.1 Å². The number of carbonyl (C=O) groups is 11. The SMILES string of the molecule is COc1ccc(O[C@@H]2O[C@H](CO[C@@H]3O[C@H](CO[C@@H]4O[C@H](CO[Si](c5ccccc5)(c5ccccc5)C(C)(C)C)[C@@H](OC(=O)c5ccccc5)[C@H](OC(=O)c5ccccc5)[C@H]4NC(=O)OCC(Cl)(Cl)Cl)[C@@H](OC(=O)c4ccccc4)[C@H](OC(=O)c4ccccc4)[C@H]3N3C(=O)c4ccccc4C3=O)[C@@H](OC(=O)c3ccccc3)[C@H](OC(=O)c3ccccc3)[C@H]2N2C(=O)c3ccccc3C2=O)cc1. The molecular formula is C102H88Cl3N3O26Si. The zero-order valence-corrected chi connectivity index (χ0v) is 75.9. The van der Waals surface area contributed by atoms with Crippen LogP contribution in [0.25, 0.3) is 0 Å². The standard InChI is InChI=1S/C102H88Cl3N3O26Si/c1-101(2,3)135(69-45-25-11-26-46-69,70-47-27-12-28-48-70)124-59-77-81(129-91(113)61-33-13-5-14-34-61)84(132-94(116)64-39-19-8-20-40-64)78(106-100(119)123-60-102(103,104)105)97(126-77)121-57-75-82(130-92(114)62-35-15-6-16-36-62)85(133-95(117)65-41-21-9-22-42-65)79(107-87(109)71-49-29-30-50-72(71)88(107)110)98(127-75)122-58-76-83(131-93(115)63-37-17-7-18-38-63)86(134-96(118)66-43-23-10-24-44-66)80(99(128-76)125-68-55-53-67(120-4)54-56-68)108-89(111)73-51-31-32-52-74(73)90(108)112/h5-56,75-86,97-99H,57-60H2,1-4H3,(H,106,119)/t75-,76-,77-,78-,79-,80-,81-,82-,83-,84-,85-,86-,97-,98-,99-/m1/s1. The van der Waals surface area contributed by atoms with Crippen molar-refractivity contribution < 1.29 is 123 Å². The number of methoxy groups -OCH3 is 1. The summed E-state index contributed by atoms with van der Waals surface area (Å²) in [6, 6.07) is 75.8. The topological polar surface area (TPSA) is 345 Å². The molecule has 33 heteroatoms. The fourth-order valence-electron chi connectivity index (χ4n) is 17.0. The average molecular weight is 1910 g/mol. The van der Waals surface area contributed by atoms with Crippen molar-refractivity contribution in [1.29, 1.82) is 0 Å². The first-order valence-electron chi connectivity index (χ1n) is 43.0. The number of benzene rings is 11. The van der Waals surface area contributed by atoms with E-state index in [0.717, 1.165) is 15.3 Å². The normalized spacial score (nSPS) is 22.6. The second-order valence-corrected chi connectivity index (χ2v) is 39.7. The minimum absolute atomic E-state index is 0.000166. The molecular weight excluding hydrogens is 1820 g/mol. The number of fused-ring (bicyclic) bond motifs is 2. The van der Waals surface area contributed by atoms with Gasteiger partial charge in [-0.2, -0.15) is 0 Å². The highest BCUT2D eigenvalue weighted by molar-refractivity contribution is 6.99. The first-order valence-corrected chi connectivity index (χ1v) is 46.0. The lowest BCUT2D eigenvalue weighted by Crippen LogP contribution is -2.70. The Morgan fingerprint density at radius 1 is 0.348 bits per heavy atom. The van der Waals surface area contributed by atoms with Gasteiger partial charge in [0.25, 0.3) is 31.9 Å². The minimum Gasteiger partial charge on any atom is -0.497 e. The van der Waals surface area contributed by atoms with Gasteiger partial charge in [-0.25, -0.2) is 33.6 Å². The quantitative estimate of drug-likeness (QED) is 0.0144. The lowest BCUT2D eigenvalue weighted by atomic mass is 9.93. The zero-order valence-electron chi connectivity index (χ0n) is 72.7. The Labute approximate surface area is 790 Å².